The van der Waals surface area contributed by atoms with Crippen LogP contribution < -0.4 is 0 Å². The zero-order valence-corrected chi connectivity index (χ0v) is 29.3. The molecule has 0 amide bonds. The van der Waals surface area contributed by atoms with E-state index in [9.17, 15) is 69.1 Å². The molecule has 21 heteroatoms. The second-order valence-electron chi connectivity index (χ2n) is 11.2. The normalized spacial score (nSPS) is 12.0. The molecule has 0 spiro atoms. The van der Waals surface area contributed by atoms with Crippen molar-refractivity contribution in [2.45, 2.75) is 143 Å². The molecule has 0 nitrogen and oxygen atoms in total. The zero-order chi connectivity index (χ0) is 38.1. The Labute approximate surface area is 273 Å². The summed E-state index contributed by atoms with van der Waals surface area (Å²) >= 11 is 0. The molecule has 0 aromatic heterocycles. The van der Waals surface area contributed by atoms with Crippen molar-refractivity contribution in [1.29, 1.82) is 0 Å². The SMILES string of the molecule is CCCCCCCCCCCCCC[P+](CCCC)(CCCC)CCCC.F[B-](F)(F)F.F[B-](F)(F)F.F[B-](F)(F)F.F[B-](F)(F)F. The monoisotopic (exact) mass is 747 g/mol. The molecule has 0 aliphatic heterocycles. The van der Waals surface area contributed by atoms with E-state index >= 15 is 0 Å². The maximum Gasteiger partial charge on any atom is 0.673 e. The van der Waals surface area contributed by atoms with Crippen LogP contribution in [0.1, 0.15) is 143 Å². The molecule has 0 atom stereocenters. The maximum atomic E-state index is 9.75. The molecule has 0 unspecified atom stereocenters. The van der Waals surface area contributed by atoms with E-state index in [1.165, 1.54) is 109 Å². The van der Waals surface area contributed by atoms with E-state index in [0.717, 1.165) is 0 Å². The molecule has 0 aromatic rings. The Morgan fingerprint density at radius 1 is 0.255 bits per heavy atom. The third-order valence-corrected chi connectivity index (χ3v) is 11.5. The third kappa shape index (κ3) is 98.9. The predicted octanol–water partition coefficient (Wildman–Crippen LogP) is 15.3. The Morgan fingerprint density at radius 3 is 0.596 bits per heavy atom. The van der Waals surface area contributed by atoms with Crippen LogP contribution in [0.2, 0.25) is 0 Å². The molecular weight excluding hydrogens is 690 g/mol. The number of hydrogen-bond acceptors (Lipinski definition) is 0. The van der Waals surface area contributed by atoms with Gasteiger partial charge in [-0.3, -0.25) is 0 Å². The molecule has 0 fully saturated rings. The van der Waals surface area contributed by atoms with Crippen molar-refractivity contribution >= 4 is 36.3 Å². The highest BCUT2D eigenvalue weighted by Gasteiger charge is 2.34. The van der Waals surface area contributed by atoms with Gasteiger partial charge < -0.3 is 69.1 Å². The van der Waals surface area contributed by atoms with Crippen LogP contribution in [-0.4, -0.2) is 53.7 Å². The van der Waals surface area contributed by atoms with Gasteiger partial charge in [-0.15, -0.1) is 0 Å². The van der Waals surface area contributed by atoms with Gasteiger partial charge >= 0.3 is 29.0 Å². The Kier molecular flexibility index (Phi) is 40.5. The van der Waals surface area contributed by atoms with E-state index in [1.807, 2.05) is 0 Å². The van der Waals surface area contributed by atoms with Crippen LogP contribution in [0.5, 0.6) is 0 Å². The summed E-state index contributed by atoms with van der Waals surface area (Å²) in [7, 11) is -24.6. The van der Waals surface area contributed by atoms with Gasteiger partial charge in [-0.2, -0.15) is 0 Å². The highest BCUT2D eigenvalue weighted by Crippen LogP contribution is 2.61. The predicted molar refractivity (Wildman–Crippen MR) is 173 cm³/mol. The Bertz CT molecular complexity index is 526. The fourth-order valence-corrected chi connectivity index (χ4v) is 9.64. The summed E-state index contributed by atoms with van der Waals surface area (Å²) in [5.41, 5.74) is 0. The van der Waals surface area contributed by atoms with Crippen LogP contribution in [-0.2, 0) is 0 Å². The lowest BCUT2D eigenvalue weighted by Gasteiger charge is -2.28. The lowest BCUT2D eigenvalue weighted by Crippen LogP contribution is -2.13. The first-order valence-corrected chi connectivity index (χ1v) is 19.1. The average Bonchev–Trinajstić information content (AvgIpc) is 2.86. The molecule has 0 aliphatic carbocycles. The standard InChI is InChI=1S/C26H56P.4BF4/c1-5-9-13-14-15-16-17-18-19-20-21-22-26-27(23-10-6-2,24-11-7-3)25-12-8-4;4*2-1(3,4)5/h5-26H2,1-4H3;;;;/q+1;4*-1. The van der Waals surface area contributed by atoms with Crippen molar-refractivity contribution in [2.24, 2.45) is 0 Å². The minimum atomic E-state index is -6.00. The van der Waals surface area contributed by atoms with Crippen LogP contribution in [0, 0.1) is 0 Å². The molecule has 0 aromatic carbocycles. The minimum Gasteiger partial charge on any atom is -0.418 e. The van der Waals surface area contributed by atoms with Gasteiger partial charge in [0.15, 0.2) is 0 Å². The maximum absolute atomic E-state index is 9.75. The molecule has 0 N–H and O–H groups in total. The van der Waals surface area contributed by atoms with Crippen LogP contribution in [0.3, 0.4) is 0 Å². The van der Waals surface area contributed by atoms with Crippen molar-refractivity contribution in [3.8, 4) is 0 Å². The molecule has 0 bridgehead atoms. The molecular formula is C26H56B4F16P-3. The van der Waals surface area contributed by atoms with Crippen LogP contribution in [0.4, 0.5) is 69.1 Å². The van der Waals surface area contributed by atoms with E-state index in [4.69, 9.17) is 0 Å². The Balaban J connectivity index is -0.000000235. The number of hydrogen-bond donors (Lipinski definition) is 0. The van der Waals surface area contributed by atoms with Crippen molar-refractivity contribution in [3.63, 3.8) is 0 Å². The first-order valence-electron chi connectivity index (χ1n) is 16.6. The second-order valence-corrected chi connectivity index (χ2v) is 15.6. The summed E-state index contributed by atoms with van der Waals surface area (Å²) < 4.78 is 156. The quantitative estimate of drug-likeness (QED) is 0.0448. The van der Waals surface area contributed by atoms with Crippen LogP contribution in [0.15, 0.2) is 0 Å². The van der Waals surface area contributed by atoms with E-state index < -0.39 is 36.3 Å². The number of rotatable bonds is 22. The van der Waals surface area contributed by atoms with Gasteiger partial charge in [-0.05, 0) is 32.1 Å². The van der Waals surface area contributed by atoms with E-state index in [1.54, 1.807) is 31.1 Å². The van der Waals surface area contributed by atoms with Crippen molar-refractivity contribution in [2.75, 3.05) is 24.6 Å². The summed E-state index contributed by atoms with van der Waals surface area (Å²) in [5.74, 6) is 0. The summed E-state index contributed by atoms with van der Waals surface area (Å²) in [4.78, 5) is 0. The van der Waals surface area contributed by atoms with Gasteiger partial charge in [0, 0.05) is 7.26 Å². The average molecular weight is 747 g/mol. The summed E-state index contributed by atoms with van der Waals surface area (Å²) in [6, 6.07) is 0. The highest BCUT2D eigenvalue weighted by molar-refractivity contribution is 7.75. The summed E-state index contributed by atoms with van der Waals surface area (Å²) in [5, 5.41) is 0. The van der Waals surface area contributed by atoms with Gasteiger partial charge in [0.25, 0.3) is 0 Å². The molecule has 292 valence electrons. The topological polar surface area (TPSA) is 0 Å². The molecule has 0 rings (SSSR count). The van der Waals surface area contributed by atoms with Crippen molar-refractivity contribution in [1.82, 2.24) is 0 Å². The second kappa shape index (κ2) is 34.0. The van der Waals surface area contributed by atoms with E-state index in [0.29, 0.717) is 0 Å². The molecule has 0 aliphatic rings. The fourth-order valence-electron chi connectivity index (χ4n) is 4.44. The lowest BCUT2D eigenvalue weighted by molar-refractivity contribution is 0.366. The van der Waals surface area contributed by atoms with Gasteiger partial charge in [-0.25, -0.2) is 0 Å². The lowest BCUT2D eigenvalue weighted by atomic mass is 10.1. The molecule has 0 radical (unpaired) electrons. The fraction of sp³-hybridized carbons (Fsp3) is 1.00. The van der Waals surface area contributed by atoms with Gasteiger partial charge in [-0.1, -0.05) is 111 Å². The molecule has 0 saturated heterocycles. The third-order valence-electron chi connectivity index (χ3n) is 6.44. The van der Waals surface area contributed by atoms with Gasteiger partial charge in [0.05, 0.1) is 24.6 Å². The molecule has 0 saturated carbocycles. The van der Waals surface area contributed by atoms with E-state index in [2.05, 4.69) is 27.7 Å². The zero-order valence-electron chi connectivity index (χ0n) is 28.4. The van der Waals surface area contributed by atoms with Crippen molar-refractivity contribution < 1.29 is 69.1 Å². The van der Waals surface area contributed by atoms with Crippen LogP contribution in [0.25, 0.3) is 0 Å². The minimum absolute atomic E-state index is 0.626. The largest absolute Gasteiger partial charge is 0.673 e. The van der Waals surface area contributed by atoms with Crippen LogP contribution >= 0.6 is 7.26 Å². The Hall–Kier alpha value is -0.430. The smallest absolute Gasteiger partial charge is 0.418 e. The molecule has 0 heterocycles. The summed E-state index contributed by atoms with van der Waals surface area (Å²) in [6.07, 6.45) is 33.0. The summed E-state index contributed by atoms with van der Waals surface area (Å²) in [6.45, 7) is 9.47. The van der Waals surface area contributed by atoms with Gasteiger partial charge in [0.1, 0.15) is 0 Å². The van der Waals surface area contributed by atoms with Crippen molar-refractivity contribution in [3.05, 3.63) is 0 Å². The van der Waals surface area contributed by atoms with E-state index in [-0.39, 0.29) is 0 Å². The first-order chi connectivity index (χ1) is 21.2. The molecule has 47 heavy (non-hydrogen) atoms. The first kappa shape index (κ1) is 56.0. The highest BCUT2D eigenvalue weighted by atomic mass is 31.2. The Morgan fingerprint density at radius 2 is 0.404 bits per heavy atom. The van der Waals surface area contributed by atoms with Gasteiger partial charge in [0.2, 0.25) is 0 Å². The number of unbranched alkanes of at least 4 members (excludes halogenated alkanes) is 14. The number of halogens is 16.